The van der Waals surface area contributed by atoms with Crippen molar-refractivity contribution in [1.82, 2.24) is 9.88 Å². The van der Waals surface area contributed by atoms with E-state index < -0.39 is 0 Å². The molecule has 0 N–H and O–H groups in total. The Morgan fingerprint density at radius 3 is 3.04 bits per heavy atom. The van der Waals surface area contributed by atoms with Crippen LogP contribution in [0.4, 0.5) is 0 Å². The number of likely N-dealkylation sites (tertiary alicyclic amines) is 1. The second kappa shape index (κ2) is 6.55. The van der Waals surface area contributed by atoms with Gasteiger partial charge in [0.1, 0.15) is 0 Å². The zero-order valence-electron chi connectivity index (χ0n) is 13.4. The summed E-state index contributed by atoms with van der Waals surface area (Å²) in [5, 5.41) is 2.20. The molecule has 3 nitrogen and oxygen atoms in total. The summed E-state index contributed by atoms with van der Waals surface area (Å²) in [7, 11) is 0. The lowest BCUT2D eigenvalue weighted by Gasteiger charge is -2.47. The fraction of sp³-hybridized carbons (Fsp3) is 0.500. The van der Waals surface area contributed by atoms with Crippen LogP contribution in [0.2, 0.25) is 0 Å². The Balaban J connectivity index is 1.24. The molecular weight excluding hydrogens is 324 g/mol. The highest BCUT2D eigenvalue weighted by molar-refractivity contribution is 8.01. The molecule has 0 unspecified atom stereocenters. The maximum atomic E-state index is 6.10. The Morgan fingerprint density at radius 2 is 2.30 bits per heavy atom. The summed E-state index contributed by atoms with van der Waals surface area (Å²) >= 11 is 4.00. The quantitative estimate of drug-likeness (QED) is 0.824. The molecule has 2 aromatic heterocycles. The predicted octanol–water partition coefficient (Wildman–Crippen LogP) is 3.73. The number of pyridine rings is 1. The average molecular weight is 347 g/mol. The molecule has 2 aliphatic rings. The molecule has 4 rings (SSSR count). The smallest absolute Gasteiger partial charge is 0.0736 e. The monoisotopic (exact) mass is 346 g/mol. The Labute approximate surface area is 146 Å². The number of thioether (sulfide) groups is 1. The second-order valence-corrected chi connectivity index (χ2v) is 9.15. The van der Waals surface area contributed by atoms with Crippen LogP contribution in [0.1, 0.15) is 22.4 Å². The van der Waals surface area contributed by atoms with E-state index in [2.05, 4.69) is 46.1 Å². The van der Waals surface area contributed by atoms with E-state index >= 15 is 0 Å². The van der Waals surface area contributed by atoms with Crippen LogP contribution in [-0.2, 0) is 17.9 Å². The minimum Gasteiger partial charge on any atom is -0.373 e. The highest BCUT2D eigenvalue weighted by Crippen LogP contribution is 2.46. The van der Waals surface area contributed by atoms with Crippen molar-refractivity contribution in [3.63, 3.8) is 0 Å². The molecule has 2 fully saturated rings. The lowest BCUT2D eigenvalue weighted by Crippen LogP contribution is -2.58. The third-order valence-corrected chi connectivity index (χ3v) is 7.33. The number of rotatable bonds is 5. The second-order valence-electron chi connectivity index (χ2n) is 6.66. The van der Waals surface area contributed by atoms with Crippen LogP contribution >= 0.6 is 23.1 Å². The average Bonchev–Trinajstić information content (AvgIpc) is 3.13. The first-order valence-corrected chi connectivity index (χ1v) is 9.99. The molecular formula is C18H22N2OS2. The topological polar surface area (TPSA) is 25.4 Å². The summed E-state index contributed by atoms with van der Waals surface area (Å²) in [6.45, 7) is 6.44. The zero-order chi connectivity index (χ0) is 15.7. The van der Waals surface area contributed by atoms with Gasteiger partial charge in [-0.2, -0.15) is 0 Å². The van der Waals surface area contributed by atoms with Gasteiger partial charge in [-0.15, -0.1) is 23.1 Å². The van der Waals surface area contributed by atoms with Gasteiger partial charge in [0.05, 0.1) is 12.7 Å². The largest absolute Gasteiger partial charge is 0.373 e. The standard InChI is InChI=1S/C18H22N2OS2/c1-14-4-6-22-17(14)9-20-12-18(13-20)7-16(11-23-18)21-10-15-3-2-5-19-8-15/h2-6,8,16H,7,9-13H2,1H3/t16-/m1/s1. The van der Waals surface area contributed by atoms with Crippen LogP contribution in [0.15, 0.2) is 36.0 Å². The van der Waals surface area contributed by atoms with Gasteiger partial charge in [0.2, 0.25) is 0 Å². The molecule has 0 radical (unpaired) electrons. The Bertz CT molecular complexity index is 652. The lowest BCUT2D eigenvalue weighted by molar-refractivity contribution is 0.0265. The van der Waals surface area contributed by atoms with E-state index in [1.165, 1.54) is 35.5 Å². The zero-order valence-corrected chi connectivity index (χ0v) is 15.0. The van der Waals surface area contributed by atoms with Crippen LogP contribution < -0.4 is 0 Å². The van der Waals surface area contributed by atoms with E-state index in [1.807, 2.05) is 29.8 Å². The molecule has 4 heterocycles. The van der Waals surface area contributed by atoms with Crippen LogP contribution in [0.25, 0.3) is 0 Å². The Morgan fingerprint density at radius 1 is 1.39 bits per heavy atom. The fourth-order valence-corrected chi connectivity index (χ4v) is 6.03. The van der Waals surface area contributed by atoms with Crippen molar-refractivity contribution in [3.05, 3.63) is 52.0 Å². The molecule has 1 spiro atoms. The van der Waals surface area contributed by atoms with Gasteiger partial charge in [-0.3, -0.25) is 9.88 Å². The van der Waals surface area contributed by atoms with Gasteiger partial charge < -0.3 is 4.74 Å². The molecule has 1 atom stereocenters. The van der Waals surface area contributed by atoms with Crippen molar-refractivity contribution in [2.45, 2.75) is 37.3 Å². The summed E-state index contributed by atoms with van der Waals surface area (Å²) in [4.78, 5) is 8.25. The molecule has 5 heteroatoms. The van der Waals surface area contributed by atoms with Crippen molar-refractivity contribution in [1.29, 1.82) is 0 Å². The van der Waals surface area contributed by atoms with Crippen molar-refractivity contribution in [2.24, 2.45) is 0 Å². The first-order chi connectivity index (χ1) is 11.2. The molecule has 0 amide bonds. The van der Waals surface area contributed by atoms with E-state index in [1.54, 1.807) is 0 Å². The minimum absolute atomic E-state index is 0.394. The molecule has 0 aromatic carbocycles. The first kappa shape index (κ1) is 15.6. The van der Waals surface area contributed by atoms with Gasteiger partial charge in [-0.1, -0.05) is 6.07 Å². The van der Waals surface area contributed by atoms with E-state index in [4.69, 9.17) is 4.74 Å². The maximum Gasteiger partial charge on any atom is 0.0736 e. The lowest BCUT2D eigenvalue weighted by atomic mass is 9.93. The van der Waals surface area contributed by atoms with Crippen LogP contribution in [-0.4, -0.2) is 39.6 Å². The van der Waals surface area contributed by atoms with Gasteiger partial charge in [0.25, 0.3) is 0 Å². The number of ether oxygens (including phenoxy) is 1. The van der Waals surface area contributed by atoms with E-state index in [-0.39, 0.29) is 0 Å². The van der Waals surface area contributed by atoms with Crippen molar-refractivity contribution in [3.8, 4) is 0 Å². The molecule has 2 saturated heterocycles. The van der Waals surface area contributed by atoms with Crippen LogP contribution in [0.3, 0.4) is 0 Å². The highest BCUT2D eigenvalue weighted by atomic mass is 32.2. The van der Waals surface area contributed by atoms with Gasteiger partial charge in [-0.25, -0.2) is 0 Å². The van der Waals surface area contributed by atoms with Gasteiger partial charge in [0, 0.05) is 47.4 Å². The third-order valence-electron chi connectivity index (χ3n) is 4.74. The number of thiophene rings is 1. The summed E-state index contributed by atoms with van der Waals surface area (Å²) in [5.41, 5.74) is 2.61. The van der Waals surface area contributed by atoms with Gasteiger partial charge in [0.15, 0.2) is 0 Å². The van der Waals surface area contributed by atoms with E-state index in [9.17, 15) is 0 Å². The molecule has 0 bridgehead atoms. The minimum atomic E-state index is 0.394. The molecule has 23 heavy (non-hydrogen) atoms. The fourth-order valence-electron chi connectivity index (χ4n) is 3.48. The number of aromatic nitrogens is 1. The number of hydrogen-bond acceptors (Lipinski definition) is 5. The van der Waals surface area contributed by atoms with Crippen molar-refractivity contribution in [2.75, 3.05) is 18.8 Å². The third kappa shape index (κ3) is 3.48. The molecule has 122 valence electrons. The van der Waals surface area contributed by atoms with Crippen molar-refractivity contribution >= 4 is 23.1 Å². The Hall–Kier alpha value is -0.880. The number of nitrogens with zero attached hydrogens (tertiary/aromatic N) is 2. The normalized spacial score (nSPS) is 23.3. The predicted molar refractivity (Wildman–Crippen MR) is 97.0 cm³/mol. The molecule has 0 saturated carbocycles. The van der Waals surface area contributed by atoms with Crippen molar-refractivity contribution < 1.29 is 4.74 Å². The summed E-state index contributed by atoms with van der Waals surface area (Å²) in [6, 6.07) is 6.28. The number of hydrogen-bond donors (Lipinski definition) is 0. The maximum absolute atomic E-state index is 6.10. The van der Waals surface area contributed by atoms with Gasteiger partial charge in [-0.05, 0) is 42.0 Å². The Kier molecular flexibility index (Phi) is 4.46. The SMILES string of the molecule is Cc1ccsc1CN1CC2(C[C@@H](OCc3cccnc3)CS2)C1. The van der Waals surface area contributed by atoms with Gasteiger partial charge >= 0.3 is 0 Å². The molecule has 2 aliphatic heterocycles. The van der Waals surface area contributed by atoms with Crippen LogP contribution in [0.5, 0.6) is 0 Å². The summed E-state index contributed by atoms with van der Waals surface area (Å²) < 4.78 is 6.55. The van der Waals surface area contributed by atoms with Crippen LogP contribution in [0, 0.1) is 6.92 Å². The number of aryl methyl sites for hydroxylation is 1. The summed E-state index contributed by atoms with van der Waals surface area (Å²) in [6.07, 6.45) is 5.29. The summed E-state index contributed by atoms with van der Waals surface area (Å²) in [5.74, 6) is 1.13. The van der Waals surface area contributed by atoms with E-state index in [0.29, 0.717) is 17.5 Å². The van der Waals surface area contributed by atoms with E-state index in [0.717, 1.165) is 12.3 Å². The highest BCUT2D eigenvalue weighted by Gasteiger charge is 2.49. The molecule has 2 aromatic rings. The molecule has 0 aliphatic carbocycles. The first-order valence-electron chi connectivity index (χ1n) is 8.12.